The Bertz CT molecular complexity index is 992. The lowest BCUT2D eigenvalue weighted by Gasteiger charge is -2.17. The van der Waals surface area contributed by atoms with Gasteiger partial charge in [-0.1, -0.05) is 30.3 Å². The van der Waals surface area contributed by atoms with Crippen LogP contribution in [-0.4, -0.2) is 15.5 Å². The van der Waals surface area contributed by atoms with Crippen LogP contribution in [0.5, 0.6) is 0 Å². The molecule has 3 rings (SSSR count). The molecule has 3 aromatic rings. The Labute approximate surface area is 155 Å². The molecule has 0 saturated carbocycles. The number of alkyl halides is 3. The summed E-state index contributed by atoms with van der Waals surface area (Å²) in [4.78, 5) is 16.1. The first-order chi connectivity index (χ1) is 12.7. The average Bonchev–Trinajstić information content (AvgIpc) is 2.96. The molecule has 1 atom stereocenters. The molecule has 0 fully saturated rings. The maximum absolute atomic E-state index is 13.3. The van der Waals surface area contributed by atoms with Gasteiger partial charge in [-0.25, -0.2) is 4.98 Å². The lowest BCUT2D eigenvalue weighted by Crippen LogP contribution is -2.31. The van der Waals surface area contributed by atoms with Crippen molar-refractivity contribution in [3.8, 4) is 0 Å². The van der Waals surface area contributed by atoms with E-state index >= 15 is 0 Å². The van der Waals surface area contributed by atoms with Gasteiger partial charge in [0.1, 0.15) is 6.54 Å². The fourth-order valence-electron chi connectivity index (χ4n) is 3.00. The smallest absolute Gasteiger partial charge is 0.348 e. The summed E-state index contributed by atoms with van der Waals surface area (Å²) in [7, 11) is 0. The molecule has 2 aromatic carbocycles. The Balaban J connectivity index is 1.84. The number of fused-ring (bicyclic) bond motifs is 1. The highest BCUT2D eigenvalue weighted by Crippen LogP contribution is 2.31. The van der Waals surface area contributed by atoms with Gasteiger partial charge in [-0.15, -0.1) is 0 Å². The van der Waals surface area contributed by atoms with Gasteiger partial charge in [0.25, 0.3) is 0 Å². The summed E-state index contributed by atoms with van der Waals surface area (Å²) < 4.78 is 40.9. The number of benzene rings is 2. The molecule has 0 aliphatic heterocycles. The van der Waals surface area contributed by atoms with E-state index in [1.54, 1.807) is 19.1 Å². The van der Waals surface area contributed by atoms with Crippen molar-refractivity contribution in [1.29, 1.82) is 0 Å². The minimum atomic E-state index is -4.64. The van der Waals surface area contributed by atoms with Crippen LogP contribution in [-0.2, 0) is 17.5 Å². The molecule has 0 aliphatic carbocycles. The van der Waals surface area contributed by atoms with E-state index in [1.807, 2.05) is 32.0 Å². The molecule has 0 radical (unpaired) electrons. The molecule has 142 valence electrons. The van der Waals surface area contributed by atoms with Crippen molar-refractivity contribution in [2.45, 2.75) is 39.5 Å². The van der Waals surface area contributed by atoms with Crippen molar-refractivity contribution in [2.75, 3.05) is 0 Å². The van der Waals surface area contributed by atoms with Crippen molar-refractivity contribution in [2.24, 2.45) is 0 Å². The number of carbonyl (C=O) groups excluding carboxylic acids is 1. The van der Waals surface area contributed by atoms with Crippen LogP contribution in [0.2, 0.25) is 0 Å². The number of imidazole rings is 1. The van der Waals surface area contributed by atoms with Crippen LogP contribution in [0.1, 0.15) is 35.5 Å². The molecule has 0 saturated heterocycles. The van der Waals surface area contributed by atoms with Gasteiger partial charge >= 0.3 is 6.18 Å². The van der Waals surface area contributed by atoms with Crippen molar-refractivity contribution < 1.29 is 18.0 Å². The zero-order valence-electron chi connectivity index (χ0n) is 15.3. The standard InChI is InChI=1S/C20H20F3N3O/c1-12-8-9-15(10-13(12)2)14(3)24-18(27)11-26-17-7-5-4-6-16(17)25-19(26)20(21,22)23/h4-10,14H,11H2,1-3H3,(H,24,27). The van der Waals surface area contributed by atoms with Gasteiger partial charge in [-0.05, 0) is 49.6 Å². The molecular formula is C20H20F3N3O. The fraction of sp³-hybridized carbons (Fsp3) is 0.300. The van der Waals surface area contributed by atoms with E-state index in [1.165, 1.54) is 12.1 Å². The largest absolute Gasteiger partial charge is 0.449 e. The lowest BCUT2D eigenvalue weighted by atomic mass is 10.0. The molecule has 4 nitrogen and oxygen atoms in total. The van der Waals surface area contributed by atoms with Crippen molar-refractivity contribution in [1.82, 2.24) is 14.9 Å². The lowest BCUT2D eigenvalue weighted by molar-refractivity contribution is -0.147. The van der Waals surface area contributed by atoms with Crippen LogP contribution in [0.4, 0.5) is 13.2 Å². The molecule has 1 heterocycles. The molecule has 1 N–H and O–H groups in total. The highest BCUT2D eigenvalue weighted by molar-refractivity contribution is 5.81. The number of hydrogen-bond acceptors (Lipinski definition) is 2. The number of aromatic nitrogens is 2. The SMILES string of the molecule is Cc1ccc(C(C)NC(=O)Cn2c(C(F)(F)F)nc3ccccc32)cc1C. The maximum Gasteiger partial charge on any atom is 0.449 e. The van der Waals surface area contributed by atoms with Crippen LogP contribution in [0.3, 0.4) is 0 Å². The first-order valence-corrected chi connectivity index (χ1v) is 8.56. The second kappa shape index (κ2) is 7.06. The number of nitrogens with one attached hydrogen (secondary N) is 1. The van der Waals surface area contributed by atoms with E-state index in [2.05, 4.69) is 10.3 Å². The Morgan fingerprint density at radius 3 is 2.52 bits per heavy atom. The highest BCUT2D eigenvalue weighted by Gasteiger charge is 2.38. The van der Waals surface area contributed by atoms with E-state index in [0.717, 1.165) is 21.3 Å². The van der Waals surface area contributed by atoms with E-state index in [4.69, 9.17) is 0 Å². The molecule has 0 spiro atoms. The first kappa shape index (κ1) is 18.9. The monoisotopic (exact) mass is 375 g/mol. The summed E-state index contributed by atoms with van der Waals surface area (Å²) in [5, 5.41) is 2.77. The van der Waals surface area contributed by atoms with E-state index < -0.39 is 24.5 Å². The van der Waals surface area contributed by atoms with Crippen molar-refractivity contribution >= 4 is 16.9 Å². The Kier molecular flexibility index (Phi) is 4.95. The number of carbonyl (C=O) groups is 1. The normalized spacial score (nSPS) is 13.0. The second-order valence-electron chi connectivity index (χ2n) is 6.64. The van der Waals surface area contributed by atoms with Gasteiger partial charge < -0.3 is 9.88 Å². The molecule has 0 aliphatic rings. The Morgan fingerprint density at radius 2 is 1.85 bits per heavy atom. The third-order valence-corrected chi connectivity index (χ3v) is 4.62. The first-order valence-electron chi connectivity index (χ1n) is 8.56. The van der Waals surface area contributed by atoms with Crippen LogP contribution in [0.25, 0.3) is 11.0 Å². The van der Waals surface area contributed by atoms with Gasteiger partial charge in [-0.3, -0.25) is 4.79 Å². The van der Waals surface area contributed by atoms with Gasteiger partial charge in [0, 0.05) is 0 Å². The minimum absolute atomic E-state index is 0.208. The predicted octanol–water partition coefficient (Wildman–Crippen LogP) is 4.55. The maximum atomic E-state index is 13.3. The molecule has 1 unspecified atom stereocenters. The number of aryl methyl sites for hydroxylation is 2. The number of halogens is 3. The zero-order valence-corrected chi connectivity index (χ0v) is 15.3. The molecule has 1 amide bonds. The fourth-order valence-corrected chi connectivity index (χ4v) is 3.00. The van der Waals surface area contributed by atoms with E-state index in [0.29, 0.717) is 0 Å². The van der Waals surface area contributed by atoms with Crippen LogP contribution < -0.4 is 5.32 Å². The van der Waals surface area contributed by atoms with Gasteiger partial charge in [0.2, 0.25) is 11.7 Å². The summed E-state index contributed by atoms with van der Waals surface area (Å²) in [5.74, 6) is -1.58. The summed E-state index contributed by atoms with van der Waals surface area (Å²) in [5.41, 5.74) is 3.61. The minimum Gasteiger partial charge on any atom is -0.348 e. The number of nitrogens with zero attached hydrogens (tertiary/aromatic N) is 2. The summed E-state index contributed by atoms with van der Waals surface area (Å²) >= 11 is 0. The second-order valence-corrected chi connectivity index (χ2v) is 6.64. The zero-order chi connectivity index (χ0) is 19.8. The summed E-state index contributed by atoms with van der Waals surface area (Å²) in [6.07, 6.45) is -4.64. The molecule has 1 aromatic heterocycles. The Morgan fingerprint density at radius 1 is 1.15 bits per heavy atom. The van der Waals surface area contributed by atoms with Gasteiger partial charge in [-0.2, -0.15) is 13.2 Å². The summed E-state index contributed by atoms with van der Waals surface area (Å²) in [6.45, 7) is 5.31. The van der Waals surface area contributed by atoms with Crippen LogP contribution >= 0.6 is 0 Å². The van der Waals surface area contributed by atoms with Gasteiger partial charge in [0.05, 0.1) is 17.1 Å². The van der Waals surface area contributed by atoms with Gasteiger partial charge in [0.15, 0.2) is 0 Å². The highest BCUT2D eigenvalue weighted by atomic mass is 19.4. The predicted molar refractivity (Wildman–Crippen MR) is 97.2 cm³/mol. The quantitative estimate of drug-likeness (QED) is 0.727. The number of amides is 1. The number of rotatable bonds is 4. The van der Waals surface area contributed by atoms with Crippen LogP contribution in [0, 0.1) is 13.8 Å². The molecule has 27 heavy (non-hydrogen) atoms. The molecule has 7 heteroatoms. The third kappa shape index (κ3) is 3.97. The number of para-hydroxylation sites is 2. The van der Waals surface area contributed by atoms with E-state index in [9.17, 15) is 18.0 Å². The van der Waals surface area contributed by atoms with Crippen molar-refractivity contribution in [3.05, 3.63) is 65.0 Å². The molecular weight excluding hydrogens is 355 g/mol. The van der Waals surface area contributed by atoms with E-state index in [-0.39, 0.29) is 17.1 Å². The Hall–Kier alpha value is -2.83. The summed E-state index contributed by atoms with van der Waals surface area (Å²) in [6, 6.07) is 11.8. The van der Waals surface area contributed by atoms with Crippen molar-refractivity contribution in [3.63, 3.8) is 0 Å². The van der Waals surface area contributed by atoms with Crippen LogP contribution in [0.15, 0.2) is 42.5 Å². The molecule has 0 bridgehead atoms. The average molecular weight is 375 g/mol. The topological polar surface area (TPSA) is 46.9 Å². The number of hydrogen-bond donors (Lipinski definition) is 1. The third-order valence-electron chi connectivity index (χ3n) is 4.62.